The van der Waals surface area contributed by atoms with Gasteiger partial charge in [-0.2, -0.15) is 0 Å². The number of para-hydroxylation sites is 1. The molecular formula is C13H17NO4. The van der Waals surface area contributed by atoms with Crippen molar-refractivity contribution in [2.75, 3.05) is 7.11 Å². The van der Waals surface area contributed by atoms with Crippen LogP contribution in [0.4, 0.5) is 4.79 Å². The maximum Gasteiger partial charge on any atom is 0.413 e. The summed E-state index contributed by atoms with van der Waals surface area (Å²) in [6.45, 7) is 3.62. The summed E-state index contributed by atoms with van der Waals surface area (Å²) in [5, 5.41) is 2.48. The fourth-order valence-corrected chi connectivity index (χ4v) is 1.38. The van der Waals surface area contributed by atoms with Crippen molar-refractivity contribution in [3.8, 4) is 5.75 Å². The molecule has 1 rings (SSSR count). The number of ether oxygens (including phenoxy) is 2. The second-order valence-electron chi connectivity index (χ2n) is 4.09. The van der Waals surface area contributed by atoms with E-state index in [-0.39, 0.29) is 5.92 Å². The lowest BCUT2D eigenvalue weighted by atomic mass is 10.1. The molecule has 0 aliphatic rings. The molecular weight excluding hydrogens is 234 g/mol. The molecule has 1 aromatic rings. The molecule has 0 unspecified atom stereocenters. The van der Waals surface area contributed by atoms with Gasteiger partial charge in [0, 0.05) is 0 Å². The smallest absolute Gasteiger partial charge is 0.413 e. The summed E-state index contributed by atoms with van der Waals surface area (Å²) in [5.41, 5.74) is 0. The fraction of sp³-hybridized carbons (Fsp3) is 0.385. The van der Waals surface area contributed by atoms with Crippen LogP contribution in [0.2, 0.25) is 0 Å². The summed E-state index contributed by atoms with van der Waals surface area (Å²) in [6, 6.07) is 7.91. The van der Waals surface area contributed by atoms with Crippen LogP contribution in [0.25, 0.3) is 0 Å². The first kappa shape index (κ1) is 14.0. The summed E-state index contributed by atoms with van der Waals surface area (Å²) < 4.78 is 9.65. The second-order valence-corrected chi connectivity index (χ2v) is 4.09. The van der Waals surface area contributed by atoms with E-state index in [4.69, 9.17) is 4.74 Å². The molecule has 1 amide bonds. The van der Waals surface area contributed by atoms with Crippen molar-refractivity contribution in [3.05, 3.63) is 30.3 Å². The van der Waals surface area contributed by atoms with Crippen molar-refractivity contribution in [2.24, 2.45) is 5.92 Å². The Morgan fingerprint density at radius 2 is 1.78 bits per heavy atom. The van der Waals surface area contributed by atoms with Crippen molar-refractivity contribution in [3.63, 3.8) is 0 Å². The molecule has 1 aromatic carbocycles. The third-order valence-electron chi connectivity index (χ3n) is 2.35. The van der Waals surface area contributed by atoms with Gasteiger partial charge in [0.2, 0.25) is 0 Å². The van der Waals surface area contributed by atoms with E-state index in [1.54, 1.807) is 24.3 Å². The van der Waals surface area contributed by atoms with Gasteiger partial charge in [-0.15, -0.1) is 0 Å². The van der Waals surface area contributed by atoms with Crippen LogP contribution in [-0.2, 0) is 9.53 Å². The number of carbonyl (C=O) groups is 2. The van der Waals surface area contributed by atoms with Crippen molar-refractivity contribution in [1.82, 2.24) is 5.32 Å². The van der Waals surface area contributed by atoms with E-state index in [1.807, 2.05) is 19.9 Å². The van der Waals surface area contributed by atoms with Gasteiger partial charge in [0.1, 0.15) is 11.8 Å². The topological polar surface area (TPSA) is 64.6 Å². The van der Waals surface area contributed by atoms with Crippen LogP contribution in [0, 0.1) is 5.92 Å². The zero-order valence-electron chi connectivity index (χ0n) is 10.7. The highest BCUT2D eigenvalue weighted by atomic mass is 16.6. The molecule has 0 radical (unpaired) electrons. The van der Waals surface area contributed by atoms with Crippen LogP contribution in [-0.4, -0.2) is 25.2 Å². The van der Waals surface area contributed by atoms with Crippen LogP contribution in [0.15, 0.2) is 30.3 Å². The van der Waals surface area contributed by atoms with Gasteiger partial charge in [0.05, 0.1) is 7.11 Å². The molecule has 98 valence electrons. The van der Waals surface area contributed by atoms with E-state index >= 15 is 0 Å². The first-order chi connectivity index (χ1) is 8.54. The van der Waals surface area contributed by atoms with Gasteiger partial charge in [-0.25, -0.2) is 9.59 Å². The van der Waals surface area contributed by atoms with Gasteiger partial charge in [0.15, 0.2) is 0 Å². The highest BCUT2D eigenvalue weighted by Gasteiger charge is 2.25. The van der Waals surface area contributed by atoms with Crippen LogP contribution in [0.1, 0.15) is 13.8 Å². The summed E-state index contributed by atoms with van der Waals surface area (Å²) in [4.78, 5) is 23.1. The third kappa shape index (κ3) is 4.08. The normalized spacial score (nSPS) is 11.8. The number of benzene rings is 1. The number of methoxy groups -OCH3 is 1. The Bertz CT molecular complexity index is 403. The zero-order chi connectivity index (χ0) is 13.5. The SMILES string of the molecule is COC(=O)[C@@H](NC(=O)Oc1ccccc1)C(C)C. The van der Waals surface area contributed by atoms with Crippen LogP contribution in [0.3, 0.4) is 0 Å². The lowest BCUT2D eigenvalue weighted by molar-refractivity contribution is -0.144. The molecule has 0 aliphatic heterocycles. The lowest BCUT2D eigenvalue weighted by Gasteiger charge is -2.19. The Hall–Kier alpha value is -2.04. The molecule has 0 aliphatic carbocycles. The molecule has 0 saturated heterocycles. The van der Waals surface area contributed by atoms with Gasteiger partial charge < -0.3 is 14.8 Å². The Morgan fingerprint density at radius 3 is 2.28 bits per heavy atom. The third-order valence-corrected chi connectivity index (χ3v) is 2.35. The summed E-state index contributed by atoms with van der Waals surface area (Å²) in [6.07, 6.45) is -0.676. The monoisotopic (exact) mass is 251 g/mol. The van der Waals surface area contributed by atoms with Crippen molar-refractivity contribution < 1.29 is 19.1 Å². The van der Waals surface area contributed by atoms with Crippen LogP contribution >= 0.6 is 0 Å². The molecule has 1 atom stereocenters. The van der Waals surface area contributed by atoms with Gasteiger partial charge in [0.25, 0.3) is 0 Å². The number of rotatable bonds is 4. The number of esters is 1. The van der Waals surface area contributed by atoms with E-state index in [1.165, 1.54) is 7.11 Å². The molecule has 5 heteroatoms. The minimum absolute atomic E-state index is 0.0826. The number of hydrogen-bond donors (Lipinski definition) is 1. The predicted octanol–water partition coefficient (Wildman–Crippen LogP) is 1.97. The molecule has 0 aromatic heterocycles. The molecule has 1 N–H and O–H groups in total. The predicted molar refractivity (Wildman–Crippen MR) is 66.2 cm³/mol. The molecule has 0 saturated carbocycles. The fourth-order valence-electron chi connectivity index (χ4n) is 1.38. The highest BCUT2D eigenvalue weighted by Crippen LogP contribution is 2.09. The maximum atomic E-state index is 11.6. The quantitative estimate of drug-likeness (QED) is 0.831. The minimum atomic E-state index is -0.716. The number of nitrogens with one attached hydrogen (secondary N) is 1. The molecule has 0 heterocycles. The van der Waals surface area contributed by atoms with E-state index in [9.17, 15) is 9.59 Å². The Kier molecular flexibility index (Phi) is 5.17. The molecule has 0 bridgehead atoms. The molecule has 5 nitrogen and oxygen atoms in total. The summed E-state index contributed by atoms with van der Waals surface area (Å²) in [5.74, 6) is -0.154. The van der Waals surface area contributed by atoms with E-state index in [0.717, 1.165) is 0 Å². The van der Waals surface area contributed by atoms with Gasteiger partial charge in [-0.1, -0.05) is 32.0 Å². The first-order valence-corrected chi connectivity index (χ1v) is 5.65. The largest absolute Gasteiger partial charge is 0.467 e. The van der Waals surface area contributed by atoms with Crippen LogP contribution in [0.5, 0.6) is 5.75 Å². The van der Waals surface area contributed by atoms with Gasteiger partial charge >= 0.3 is 12.1 Å². The Morgan fingerprint density at radius 1 is 1.17 bits per heavy atom. The average Bonchev–Trinajstić information content (AvgIpc) is 2.36. The van der Waals surface area contributed by atoms with E-state index in [2.05, 4.69) is 10.1 Å². The van der Waals surface area contributed by atoms with E-state index in [0.29, 0.717) is 5.75 Å². The summed E-state index contributed by atoms with van der Waals surface area (Å²) in [7, 11) is 1.28. The van der Waals surface area contributed by atoms with Crippen molar-refractivity contribution >= 4 is 12.1 Å². The van der Waals surface area contributed by atoms with Crippen molar-refractivity contribution in [2.45, 2.75) is 19.9 Å². The maximum absolute atomic E-state index is 11.6. The second kappa shape index (κ2) is 6.64. The highest BCUT2D eigenvalue weighted by molar-refractivity contribution is 5.82. The van der Waals surface area contributed by atoms with E-state index < -0.39 is 18.1 Å². The molecule has 18 heavy (non-hydrogen) atoms. The molecule has 0 fully saturated rings. The first-order valence-electron chi connectivity index (χ1n) is 5.65. The minimum Gasteiger partial charge on any atom is -0.467 e. The lowest BCUT2D eigenvalue weighted by Crippen LogP contribution is -2.46. The standard InChI is InChI=1S/C13H17NO4/c1-9(2)11(12(15)17-3)14-13(16)18-10-7-5-4-6-8-10/h4-9,11H,1-3H3,(H,14,16)/t11-/m0/s1. The van der Waals surface area contributed by atoms with Crippen molar-refractivity contribution in [1.29, 1.82) is 0 Å². The zero-order valence-corrected chi connectivity index (χ0v) is 10.7. The van der Waals surface area contributed by atoms with Crippen LogP contribution < -0.4 is 10.1 Å². The average molecular weight is 251 g/mol. The number of amides is 1. The Balaban J connectivity index is 2.60. The molecule has 0 spiro atoms. The summed E-state index contributed by atoms with van der Waals surface area (Å²) >= 11 is 0. The van der Waals surface area contributed by atoms with Gasteiger partial charge in [-0.3, -0.25) is 0 Å². The number of carbonyl (C=O) groups excluding carboxylic acids is 2. The van der Waals surface area contributed by atoms with Gasteiger partial charge in [-0.05, 0) is 18.1 Å². The number of hydrogen-bond acceptors (Lipinski definition) is 4. The Labute approximate surface area is 106 Å².